The van der Waals surface area contributed by atoms with Gasteiger partial charge in [0.1, 0.15) is 5.75 Å². The lowest BCUT2D eigenvalue weighted by atomic mass is 10.1. The van der Waals surface area contributed by atoms with Gasteiger partial charge in [-0.25, -0.2) is 8.42 Å². The average molecular weight is 236 g/mol. The molecule has 0 heterocycles. The van der Waals surface area contributed by atoms with Gasteiger partial charge in [0, 0.05) is 11.6 Å². The molecule has 0 bridgehead atoms. The summed E-state index contributed by atoms with van der Waals surface area (Å²) in [5.74, 6) is 0.176. The van der Waals surface area contributed by atoms with Crippen molar-refractivity contribution in [2.75, 3.05) is 6.26 Å². The van der Waals surface area contributed by atoms with E-state index in [1.54, 1.807) is 18.2 Å². The number of phenols is 1. The van der Waals surface area contributed by atoms with Crippen LogP contribution in [0.3, 0.4) is 0 Å². The zero-order chi connectivity index (χ0) is 11.9. The molecule has 0 unspecified atom stereocenters. The minimum atomic E-state index is -3.20. The van der Waals surface area contributed by atoms with Gasteiger partial charge in [0.05, 0.1) is 4.90 Å². The van der Waals surface area contributed by atoms with Crippen molar-refractivity contribution in [3.63, 3.8) is 0 Å². The maximum Gasteiger partial charge on any atom is 0.175 e. The molecule has 2 aromatic rings. The second kappa shape index (κ2) is 3.49. The molecule has 2 rings (SSSR count). The van der Waals surface area contributed by atoms with E-state index >= 15 is 0 Å². The minimum Gasteiger partial charge on any atom is -0.507 e. The predicted molar refractivity (Wildman–Crippen MR) is 63.5 cm³/mol. The summed E-state index contributed by atoms with van der Waals surface area (Å²) >= 11 is 0. The van der Waals surface area contributed by atoms with Crippen molar-refractivity contribution in [3.05, 3.63) is 35.9 Å². The summed E-state index contributed by atoms with van der Waals surface area (Å²) in [5, 5.41) is 11.1. The number of hydrogen-bond donors (Lipinski definition) is 1. The molecule has 0 aliphatic carbocycles. The summed E-state index contributed by atoms with van der Waals surface area (Å²) in [4.78, 5) is 0.269. The number of hydrogen-bond acceptors (Lipinski definition) is 3. The second-order valence-corrected chi connectivity index (χ2v) is 5.95. The number of sulfone groups is 1. The molecule has 0 amide bonds. The van der Waals surface area contributed by atoms with Crippen molar-refractivity contribution in [1.29, 1.82) is 0 Å². The van der Waals surface area contributed by atoms with E-state index in [4.69, 9.17) is 0 Å². The molecule has 0 atom stereocenters. The van der Waals surface area contributed by atoms with Crippen LogP contribution in [-0.4, -0.2) is 19.8 Å². The van der Waals surface area contributed by atoms with Gasteiger partial charge in [-0.15, -0.1) is 0 Å². The SMILES string of the molecule is Cc1cc(O)c2ccc(S(C)(=O)=O)cc2c1. The van der Waals surface area contributed by atoms with Crippen LogP contribution in [0.25, 0.3) is 10.8 Å². The molecule has 2 aromatic carbocycles. The molecule has 0 fully saturated rings. The normalized spacial score (nSPS) is 11.9. The molecule has 0 spiro atoms. The third-order valence-electron chi connectivity index (χ3n) is 2.47. The van der Waals surface area contributed by atoms with Gasteiger partial charge >= 0.3 is 0 Å². The monoisotopic (exact) mass is 236 g/mol. The fourth-order valence-corrected chi connectivity index (χ4v) is 2.36. The number of fused-ring (bicyclic) bond motifs is 1. The zero-order valence-corrected chi connectivity index (χ0v) is 9.88. The van der Waals surface area contributed by atoms with Gasteiger partial charge in [-0.1, -0.05) is 6.07 Å². The molecule has 0 aliphatic rings. The largest absolute Gasteiger partial charge is 0.507 e. The molecule has 0 aliphatic heterocycles. The predicted octanol–water partition coefficient (Wildman–Crippen LogP) is 2.26. The summed E-state index contributed by atoms with van der Waals surface area (Å²) < 4.78 is 22.8. The van der Waals surface area contributed by atoms with E-state index in [1.165, 1.54) is 12.3 Å². The van der Waals surface area contributed by atoms with E-state index in [0.717, 1.165) is 10.9 Å². The fourth-order valence-electron chi connectivity index (χ4n) is 1.70. The standard InChI is InChI=1S/C12H12O3S/c1-8-5-9-7-10(16(2,14)15)3-4-11(9)12(13)6-8/h3-7,13H,1-2H3. The number of aromatic hydroxyl groups is 1. The van der Waals surface area contributed by atoms with Gasteiger partial charge in [0.2, 0.25) is 0 Å². The van der Waals surface area contributed by atoms with E-state index < -0.39 is 9.84 Å². The molecule has 0 saturated carbocycles. The first-order valence-corrected chi connectivity index (χ1v) is 6.70. The lowest BCUT2D eigenvalue weighted by molar-refractivity contribution is 0.481. The van der Waals surface area contributed by atoms with Crippen LogP contribution >= 0.6 is 0 Å². The summed E-state index contributed by atoms with van der Waals surface area (Å²) in [6, 6.07) is 8.22. The van der Waals surface area contributed by atoms with E-state index in [9.17, 15) is 13.5 Å². The van der Waals surface area contributed by atoms with E-state index in [-0.39, 0.29) is 10.6 Å². The molecule has 0 aromatic heterocycles. The maximum absolute atomic E-state index is 11.4. The Kier molecular flexibility index (Phi) is 2.39. The van der Waals surface area contributed by atoms with Gasteiger partial charge in [0.25, 0.3) is 0 Å². The molecule has 84 valence electrons. The van der Waals surface area contributed by atoms with Crippen molar-refractivity contribution in [2.45, 2.75) is 11.8 Å². The first kappa shape index (κ1) is 11.0. The Balaban J connectivity index is 2.81. The molecule has 16 heavy (non-hydrogen) atoms. The quantitative estimate of drug-likeness (QED) is 0.826. The maximum atomic E-state index is 11.4. The van der Waals surface area contributed by atoms with Crippen LogP contribution in [-0.2, 0) is 9.84 Å². The van der Waals surface area contributed by atoms with Crippen LogP contribution in [0.2, 0.25) is 0 Å². The van der Waals surface area contributed by atoms with Gasteiger partial charge < -0.3 is 5.11 Å². The van der Waals surface area contributed by atoms with E-state index in [0.29, 0.717) is 5.39 Å². The highest BCUT2D eigenvalue weighted by Gasteiger charge is 2.09. The number of benzene rings is 2. The fraction of sp³-hybridized carbons (Fsp3) is 0.167. The van der Waals surface area contributed by atoms with E-state index in [2.05, 4.69) is 0 Å². The van der Waals surface area contributed by atoms with Crippen LogP contribution in [0.4, 0.5) is 0 Å². The summed E-state index contributed by atoms with van der Waals surface area (Å²) in [7, 11) is -3.20. The first-order valence-electron chi connectivity index (χ1n) is 4.81. The number of rotatable bonds is 1. The van der Waals surface area contributed by atoms with Crippen molar-refractivity contribution in [1.82, 2.24) is 0 Å². The average Bonchev–Trinajstić information content (AvgIpc) is 2.15. The molecule has 0 saturated heterocycles. The van der Waals surface area contributed by atoms with E-state index in [1.807, 2.05) is 13.0 Å². The lowest BCUT2D eigenvalue weighted by Crippen LogP contribution is -1.96. The summed E-state index contributed by atoms with van der Waals surface area (Å²) in [6.07, 6.45) is 1.17. The Morgan fingerprint density at radius 2 is 1.81 bits per heavy atom. The van der Waals surface area contributed by atoms with Gasteiger partial charge in [0.15, 0.2) is 9.84 Å². The Bertz CT molecular complexity index is 657. The Labute approximate surface area is 94.3 Å². The Hall–Kier alpha value is -1.55. The van der Waals surface area contributed by atoms with Crippen LogP contribution < -0.4 is 0 Å². The number of phenolic OH excluding ortho intramolecular Hbond substituents is 1. The van der Waals surface area contributed by atoms with Gasteiger partial charge in [-0.2, -0.15) is 0 Å². The third-order valence-corrected chi connectivity index (χ3v) is 3.58. The van der Waals surface area contributed by atoms with Gasteiger partial charge in [-0.05, 0) is 42.1 Å². The molecule has 4 heteroatoms. The van der Waals surface area contributed by atoms with Crippen LogP contribution in [0.1, 0.15) is 5.56 Å². The number of aryl methyl sites for hydroxylation is 1. The van der Waals surface area contributed by atoms with Gasteiger partial charge in [-0.3, -0.25) is 0 Å². The molecular formula is C12H12O3S. The summed E-state index contributed by atoms with van der Waals surface area (Å²) in [5.41, 5.74) is 0.899. The second-order valence-electron chi connectivity index (χ2n) is 3.94. The molecule has 3 nitrogen and oxygen atoms in total. The Morgan fingerprint density at radius 1 is 1.12 bits per heavy atom. The van der Waals surface area contributed by atoms with Crippen LogP contribution in [0, 0.1) is 6.92 Å². The Morgan fingerprint density at radius 3 is 2.44 bits per heavy atom. The minimum absolute atomic E-state index is 0.176. The smallest absolute Gasteiger partial charge is 0.175 e. The molecule has 0 radical (unpaired) electrons. The molecular weight excluding hydrogens is 224 g/mol. The zero-order valence-electron chi connectivity index (χ0n) is 9.06. The van der Waals surface area contributed by atoms with Crippen molar-refractivity contribution < 1.29 is 13.5 Å². The topological polar surface area (TPSA) is 54.4 Å². The van der Waals surface area contributed by atoms with Crippen molar-refractivity contribution in [2.24, 2.45) is 0 Å². The summed E-state index contributed by atoms with van der Waals surface area (Å²) in [6.45, 7) is 1.85. The molecule has 1 N–H and O–H groups in total. The van der Waals surface area contributed by atoms with Crippen molar-refractivity contribution >= 4 is 20.6 Å². The van der Waals surface area contributed by atoms with Crippen molar-refractivity contribution in [3.8, 4) is 5.75 Å². The highest BCUT2D eigenvalue weighted by molar-refractivity contribution is 7.90. The first-order chi connectivity index (χ1) is 7.38. The third kappa shape index (κ3) is 1.88. The lowest BCUT2D eigenvalue weighted by Gasteiger charge is -2.05. The van der Waals surface area contributed by atoms with Crippen LogP contribution in [0.15, 0.2) is 35.2 Å². The highest BCUT2D eigenvalue weighted by atomic mass is 32.2. The highest BCUT2D eigenvalue weighted by Crippen LogP contribution is 2.28. The van der Waals surface area contributed by atoms with Crippen LogP contribution in [0.5, 0.6) is 5.75 Å².